The summed E-state index contributed by atoms with van der Waals surface area (Å²) < 4.78 is 34.7. The van der Waals surface area contributed by atoms with E-state index in [0.29, 0.717) is 24.1 Å². The second-order valence-electron chi connectivity index (χ2n) is 8.83. The quantitative estimate of drug-likeness (QED) is 0.559. The normalized spacial score (nSPS) is 21.2. The Balaban J connectivity index is 1.28. The van der Waals surface area contributed by atoms with Gasteiger partial charge in [0.15, 0.2) is 17.4 Å². The van der Waals surface area contributed by atoms with Gasteiger partial charge in [-0.25, -0.2) is 19.3 Å². The minimum atomic E-state index is -1.04. The summed E-state index contributed by atoms with van der Waals surface area (Å²) in [6, 6.07) is 6.82. The number of ether oxygens (including phenoxy) is 1. The van der Waals surface area contributed by atoms with Gasteiger partial charge in [-0.05, 0) is 49.6 Å². The molecule has 2 bridgehead atoms. The number of likely N-dealkylation sites (tertiary alicyclic amines) is 1. The Labute approximate surface area is 194 Å². The van der Waals surface area contributed by atoms with Crippen molar-refractivity contribution in [1.82, 2.24) is 19.9 Å². The molecule has 2 aliphatic heterocycles. The number of nitrogens with one attached hydrogen (secondary N) is 1. The molecule has 1 N–H and O–H groups in total. The average Bonchev–Trinajstić information content (AvgIpc) is 3.44. The van der Waals surface area contributed by atoms with Crippen molar-refractivity contribution in [3.63, 3.8) is 0 Å². The Bertz CT molecular complexity index is 1310. The summed E-state index contributed by atoms with van der Waals surface area (Å²) in [5.41, 5.74) is 0.954. The minimum absolute atomic E-state index is 0.0380. The van der Waals surface area contributed by atoms with Crippen molar-refractivity contribution in [2.45, 2.75) is 37.5 Å². The number of piperazine rings is 1. The summed E-state index contributed by atoms with van der Waals surface area (Å²) in [5.74, 6) is -1.22. The number of aromatic nitrogens is 3. The lowest BCUT2D eigenvalue weighted by Crippen LogP contribution is -2.48. The van der Waals surface area contributed by atoms with E-state index < -0.39 is 11.6 Å². The highest BCUT2D eigenvalue weighted by molar-refractivity contribution is 5.89. The van der Waals surface area contributed by atoms with Gasteiger partial charge in [0, 0.05) is 13.1 Å². The monoisotopic (exact) mass is 464 g/mol. The Kier molecular flexibility index (Phi) is 4.82. The highest BCUT2D eigenvalue weighted by Gasteiger charge is 2.45. The van der Waals surface area contributed by atoms with Crippen LogP contribution in [0.4, 0.5) is 26.1 Å². The van der Waals surface area contributed by atoms with Crippen LogP contribution in [-0.2, 0) is 4.79 Å². The maximum Gasteiger partial charge on any atom is 0.246 e. The van der Waals surface area contributed by atoms with Gasteiger partial charge in [0.25, 0.3) is 0 Å². The molecule has 0 radical (unpaired) electrons. The third-order valence-corrected chi connectivity index (χ3v) is 6.58. The van der Waals surface area contributed by atoms with Gasteiger partial charge in [0.2, 0.25) is 11.7 Å². The molecule has 1 saturated carbocycles. The van der Waals surface area contributed by atoms with Gasteiger partial charge < -0.3 is 19.9 Å². The summed E-state index contributed by atoms with van der Waals surface area (Å²) in [5, 5.41) is 2.87. The molecular weight excluding hydrogens is 442 g/mol. The predicted octanol–water partition coefficient (Wildman–Crippen LogP) is 3.56. The zero-order valence-corrected chi connectivity index (χ0v) is 18.2. The molecule has 3 aromatic rings. The summed E-state index contributed by atoms with van der Waals surface area (Å²) in [6.07, 6.45) is 5.23. The molecule has 34 heavy (non-hydrogen) atoms. The molecule has 6 rings (SSSR count). The fourth-order valence-corrected chi connectivity index (χ4v) is 4.73. The number of rotatable bonds is 6. The van der Waals surface area contributed by atoms with Crippen LogP contribution in [0, 0.1) is 11.6 Å². The Hall–Kier alpha value is -3.82. The van der Waals surface area contributed by atoms with Crippen LogP contribution < -0.4 is 15.0 Å². The highest BCUT2D eigenvalue weighted by atomic mass is 19.2. The molecule has 4 heterocycles. The SMILES string of the molecule is C=CC(=O)N1C[C@@H]2C[C@H]1CN2c1ccc2ncnc(Nc3ccc(OC4CC4)c(F)c3F)c2n1. The van der Waals surface area contributed by atoms with E-state index in [0.717, 1.165) is 25.1 Å². The van der Waals surface area contributed by atoms with E-state index >= 15 is 0 Å². The predicted molar refractivity (Wildman–Crippen MR) is 122 cm³/mol. The van der Waals surface area contributed by atoms with Crippen molar-refractivity contribution < 1.29 is 18.3 Å². The number of anilines is 3. The van der Waals surface area contributed by atoms with Gasteiger partial charge in [-0.2, -0.15) is 4.39 Å². The molecule has 8 nitrogen and oxygen atoms in total. The number of nitrogens with zero attached hydrogens (tertiary/aromatic N) is 5. The number of carbonyl (C=O) groups is 1. The third kappa shape index (κ3) is 3.49. The minimum Gasteiger partial charge on any atom is -0.487 e. The fraction of sp³-hybridized carbons (Fsp3) is 0.333. The molecule has 1 aromatic carbocycles. The Morgan fingerprint density at radius 1 is 1.12 bits per heavy atom. The van der Waals surface area contributed by atoms with Gasteiger partial charge in [-0.15, -0.1) is 0 Å². The first-order valence-electron chi connectivity index (χ1n) is 11.2. The van der Waals surface area contributed by atoms with E-state index in [9.17, 15) is 13.6 Å². The number of carbonyl (C=O) groups excluding carboxylic acids is 1. The number of pyridine rings is 1. The van der Waals surface area contributed by atoms with E-state index in [-0.39, 0.29) is 41.3 Å². The van der Waals surface area contributed by atoms with Gasteiger partial charge in [0.1, 0.15) is 17.7 Å². The van der Waals surface area contributed by atoms with Crippen molar-refractivity contribution in [3.05, 3.63) is 54.9 Å². The number of fused-ring (bicyclic) bond motifs is 3. The van der Waals surface area contributed by atoms with Crippen molar-refractivity contribution in [2.24, 2.45) is 0 Å². The number of halogens is 2. The standard InChI is InChI=1S/C24H22F2N6O2/c1-2-20(33)32-11-13-9-14(32)10-31(13)19-8-6-17-23(30-19)24(28-12-27-17)29-16-5-7-18(22(26)21(16)25)34-15-3-4-15/h2,5-8,12-15H,1,3-4,9-11H2,(H,27,28,29)/t13-,14-/m0/s1. The first-order valence-corrected chi connectivity index (χ1v) is 11.2. The lowest BCUT2D eigenvalue weighted by atomic mass is 10.2. The number of benzene rings is 1. The molecule has 2 atom stereocenters. The Morgan fingerprint density at radius 3 is 2.71 bits per heavy atom. The summed E-state index contributed by atoms with van der Waals surface area (Å²) >= 11 is 0. The number of hydrogen-bond donors (Lipinski definition) is 1. The molecule has 1 aliphatic carbocycles. The Morgan fingerprint density at radius 2 is 1.97 bits per heavy atom. The van der Waals surface area contributed by atoms with Crippen LogP contribution >= 0.6 is 0 Å². The number of amides is 1. The second kappa shape index (κ2) is 7.89. The van der Waals surface area contributed by atoms with E-state index in [1.807, 2.05) is 17.0 Å². The molecule has 2 saturated heterocycles. The lowest BCUT2D eigenvalue weighted by Gasteiger charge is -2.34. The van der Waals surface area contributed by atoms with Crippen LogP contribution in [0.25, 0.3) is 11.0 Å². The molecule has 0 spiro atoms. The van der Waals surface area contributed by atoms with Gasteiger partial charge >= 0.3 is 0 Å². The maximum absolute atomic E-state index is 14.7. The van der Waals surface area contributed by atoms with Crippen LogP contribution in [-0.4, -0.2) is 57.0 Å². The van der Waals surface area contributed by atoms with Crippen molar-refractivity contribution >= 4 is 34.3 Å². The molecule has 2 aromatic heterocycles. The zero-order chi connectivity index (χ0) is 23.4. The average molecular weight is 464 g/mol. The summed E-state index contributed by atoms with van der Waals surface area (Å²) in [7, 11) is 0. The van der Waals surface area contributed by atoms with E-state index in [4.69, 9.17) is 9.72 Å². The van der Waals surface area contributed by atoms with Crippen molar-refractivity contribution in [1.29, 1.82) is 0 Å². The first-order chi connectivity index (χ1) is 16.5. The van der Waals surface area contributed by atoms with Crippen molar-refractivity contribution in [2.75, 3.05) is 23.3 Å². The van der Waals surface area contributed by atoms with Crippen LogP contribution in [0.15, 0.2) is 43.2 Å². The molecular formula is C24H22F2N6O2. The van der Waals surface area contributed by atoms with E-state index in [2.05, 4.69) is 26.8 Å². The lowest BCUT2D eigenvalue weighted by molar-refractivity contribution is -0.127. The third-order valence-electron chi connectivity index (χ3n) is 6.58. The number of hydrogen-bond acceptors (Lipinski definition) is 7. The van der Waals surface area contributed by atoms with Crippen LogP contribution in [0.1, 0.15) is 19.3 Å². The first kappa shape index (κ1) is 20.8. The molecule has 3 aliphatic rings. The smallest absolute Gasteiger partial charge is 0.246 e. The molecule has 174 valence electrons. The van der Waals surface area contributed by atoms with Crippen molar-refractivity contribution in [3.8, 4) is 5.75 Å². The fourth-order valence-electron chi connectivity index (χ4n) is 4.73. The molecule has 3 fully saturated rings. The molecule has 0 unspecified atom stereocenters. The zero-order valence-electron chi connectivity index (χ0n) is 18.2. The van der Waals surface area contributed by atoms with E-state index in [1.54, 1.807) is 0 Å². The molecule has 10 heteroatoms. The van der Waals surface area contributed by atoms with Crippen LogP contribution in [0.2, 0.25) is 0 Å². The topological polar surface area (TPSA) is 83.5 Å². The second-order valence-corrected chi connectivity index (χ2v) is 8.83. The van der Waals surface area contributed by atoms with E-state index in [1.165, 1.54) is 24.5 Å². The van der Waals surface area contributed by atoms with Gasteiger partial charge in [-0.3, -0.25) is 4.79 Å². The maximum atomic E-state index is 14.7. The molecule has 1 amide bonds. The summed E-state index contributed by atoms with van der Waals surface area (Å²) in [6.45, 7) is 4.87. The highest BCUT2D eigenvalue weighted by Crippen LogP contribution is 2.36. The van der Waals surface area contributed by atoms with Crippen LogP contribution in [0.3, 0.4) is 0 Å². The van der Waals surface area contributed by atoms with Gasteiger partial charge in [0.05, 0.1) is 29.4 Å². The van der Waals surface area contributed by atoms with Gasteiger partial charge in [-0.1, -0.05) is 6.58 Å². The largest absolute Gasteiger partial charge is 0.487 e. The van der Waals surface area contributed by atoms with Crippen LogP contribution in [0.5, 0.6) is 5.75 Å². The summed E-state index contributed by atoms with van der Waals surface area (Å²) in [4.78, 5) is 29.3.